The van der Waals surface area contributed by atoms with Crippen molar-refractivity contribution in [1.82, 2.24) is 4.98 Å². The van der Waals surface area contributed by atoms with E-state index in [1.807, 2.05) is 0 Å². The van der Waals surface area contributed by atoms with Crippen LogP contribution in [0.5, 0.6) is 0 Å². The lowest BCUT2D eigenvalue weighted by Crippen LogP contribution is -2.10. The average Bonchev–Trinajstić information content (AvgIpc) is 2.63. The molecule has 0 fully saturated rings. The fourth-order valence-electron chi connectivity index (χ4n) is 1.43. The van der Waals surface area contributed by atoms with E-state index in [4.69, 9.17) is 0 Å². The van der Waals surface area contributed by atoms with E-state index in [2.05, 4.69) is 20.9 Å². The summed E-state index contributed by atoms with van der Waals surface area (Å²) in [6.07, 6.45) is 1.08. The Bertz CT molecular complexity index is 636. The molecule has 2 rings (SSSR count). The van der Waals surface area contributed by atoms with Crippen LogP contribution in [0.4, 0.5) is 8.78 Å². The summed E-state index contributed by atoms with van der Waals surface area (Å²) in [5.74, 6) is -3.42. The molecule has 0 aliphatic carbocycles. The van der Waals surface area contributed by atoms with Crippen molar-refractivity contribution in [2.24, 2.45) is 0 Å². The predicted octanol–water partition coefficient (Wildman–Crippen LogP) is 2.93. The van der Waals surface area contributed by atoms with Gasteiger partial charge < -0.3 is 4.98 Å². The molecule has 0 saturated heterocycles. The van der Waals surface area contributed by atoms with Crippen LogP contribution in [-0.2, 0) is 9.84 Å². The van der Waals surface area contributed by atoms with Crippen molar-refractivity contribution in [3.63, 3.8) is 0 Å². The van der Waals surface area contributed by atoms with Gasteiger partial charge in [0.15, 0.2) is 0 Å². The van der Waals surface area contributed by atoms with Gasteiger partial charge in [-0.3, -0.25) is 0 Å². The number of alkyl halides is 2. The highest BCUT2D eigenvalue weighted by molar-refractivity contribution is 9.10. The van der Waals surface area contributed by atoms with Crippen molar-refractivity contribution in [3.8, 4) is 0 Å². The van der Waals surface area contributed by atoms with Gasteiger partial charge in [-0.15, -0.1) is 0 Å². The van der Waals surface area contributed by atoms with Gasteiger partial charge >= 0.3 is 5.76 Å². The predicted molar refractivity (Wildman–Crippen MR) is 59.2 cm³/mol. The molecule has 86 valence electrons. The first-order valence-electron chi connectivity index (χ1n) is 4.22. The van der Waals surface area contributed by atoms with Crippen molar-refractivity contribution >= 4 is 36.7 Å². The van der Waals surface area contributed by atoms with Gasteiger partial charge in [-0.1, -0.05) is 22.0 Å². The summed E-state index contributed by atoms with van der Waals surface area (Å²) in [6.45, 7) is 0. The number of halogens is 3. The maximum Gasteiger partial charge on any atom is 0.341 e. The van der Waals surface area contributed by atoms with Gasteiger partial charge in [-0.2, -0.15) is 8.78 Å². The molecule has 16 heavy (non-hydrogen) atoms. The van der Waals surface area contributed by atoms with Gasteiger partial charge in [0.1, 0.15) is 0 Å². The number of benzene rings is 1. The second-order valence-electron chi connectivity index (χ2n) is 3.12. The molecule has 0 amide bonds. The molecule has 1 heterocycles. The minimum absolute atomic E-state index is 0.253. The largest absolute Gasteiger partial charge is 0.360 e. The monoisotopic (exact) mass is 309 g/mol. The quantitative estimate of drug-likeness (QED) is 0.927. The summed E-state index contributed by atoms with van der Waals surface area (Å²) < 4.78 is 48.0. The van der Waals surface area contributed by atoms with Crippen molar-refractivity contribution in [3.05, 3.63) is 28.9 Å². The van der Waals surface area contributed by atoms with Crippen LogP contribution in [0.2, 0.25) is 0 Å². The number of fused-ring (bicyclic) bond motifs is 1. The number of nitrogens with one attached hydrogen (secondary N) is 1. The normalized spacial score (nSPS) is 12.5. The summed E-state index contributed by atoms with van der Waals surface area (Å²) in [5.41, 5.74) is 0.494. The molecule has 7 heteroatoms. The highest BCUT2D eigenvalue weighted by Gasteiger charge is 2.29. The summed E-state index contributed by atoms with van der Waals surface area (Å²) in [4.78, 5) is 2.26. The van der Waals surface area contributed by atoms with Crippen LogP contribution in [0.3, 0.4) is 0 Å². The maximum atomic E-state index is 12.4. The van der Waals surface area contributed by atoms with E-state index in [0.717, 1.165) is 6.20 Å². The molecule has 0 radical (unpaired) electrons. The Labute approximate surface area is 98.5 Å². The van der Waals surface area contributed by atoms with Gasteiger partial charge in [0, 0.05) is 21.6 Å². The topological polar surface area (TPSA) is 49.9 Å². The third-order valence-corrected chi connectivity index (χ3v) is 4.22. The molecule has 0 atom stereocenters. The second kappa shape index (κ2) is 3.81. The maximum absolute atomic E-state index is 12.4. The Kier molecular flexibility index (Phi) is 2.75. The minimum atomic E-state index is -4.58. The van der Waals surface area contributed by atoms with Crippen LogP contribution in [0.1, 0.15) is 0 Å². The molecular weight excluding hydrogens is 304 g/mol. The molecule has 0 aliphatic heterocycles. The van der Waals surface area contributed by atoms with Crippen molar-refractivity contribution in [2.45, 2.75) is 10.7 Å². The molecule has 0 unspecified atom stereocenters. The lowest BCUT2D eigenvalue weighted by atomic mass is 10.2. The molecule has 2 aromatic rings. The molecule has 3 nitrogen and oxygen atoms in total. The standard InChI is InChI=1S/C9H6BrF2NO2S/c10-5-2-1-3-6-8(5)7(4-13-6)16(14,15)9(11)12/h1-4,9,13H. The number of rotatable bonds is 2. The van der Waals surface area contributed by atoms with E-state index >= 15 is 0 Å². The molecule has 0 saturated carbocycles. The first-order chi connectivity index (χ1) is 7.44. The molecule has 0 aliphatic rings. The van der Waals surface area contributed by atoms with Crippen molar-refractivity contribution in [2.75, 3.05) is 0 Å². The van der Waals surface area contributed by atoms with Crippen molar-refractivity contribution in [1.29, 1.82) is 0 Å². The van der Waals surface area contributed by atoms with Gasteiger partial charge in [0.2, 0.25) is 9.84 Å². The number of H-pyrrole nitrogens is 1. The van der Waals surface area contributed by atoms with Crippen LogP contribution in [-0.4, -0.2) is 19.2 Å². The zero-order valence-corrected chi connectivity index (χ0v) is 10.1. The SMILES string of the molecule is O=S(=O)(c1c[nH]c2cccc(Br)c12)C(F)F. The van der Waals surface area contributed by atoms with E-state index in [-0.39, 0.29) is 10.3 Å². The second-order valence-corrected chi connectivity index (χ2v) is 5.86. The summed E-state index contributed by atoms with van der Waals surface area (Å²) in [7, 11) is -4.58. The van der Waals surface area contributed by atoms with Crippen LogP contribution in [0.25, 0.3) is 10.9 Å². The Morgan fingerprint density at radius 2 is 2.00 bits per heavy atom. The van der Waals surface area contributed by atoms with Crippen LogP contribution < -0.4 is 0 Å². The highest BCUT2D eigenvalue weighted by Crippen LogP contribution is 2.32. The fourth-order valence-corrected chi connectivity index (χ4v) is 3.06. The van der Waals surface area contributed by atoms with E-state index in [0.29, 0.717) is 9.99 Å². The molecule has 1 aromatic carbocycles. The Hall–Kier alpha value is -0.950. The van der Waals surface area contributed by atoms with Crippen LogP contribution >= 0.6 is 15.9 Å². The minimum Gasteiger partial charge on any atom is -0.360 e. The van der Waals surface area contributed by atoms with E-state index < -0.39 is 15.6 Å². The van der Waals surface area contributed by atoms with Crippen LogP contribution in [0, 0.1) is 0 Å². The first kappa shape index (κ1) is 11.5. The molecular formula is C9H6BrF2NO2S. The van der Waals surface area contributed by atoms with E-state index in [1.54, 1.807) is 18.2 Å². The van der Waals surface area contributed by atoms with Gasteiger partial charge in [-0.25, -0.2) is 8.42 Å². The van der Waals surface area contributed by atoms with E-state index in [9.17, 15) is 17.2 Å². The number of hydrogen-bond acceptors (Lipinski definition) is 2. The number of hydrogen-bond donors (Lipinski definition) is 1. The molecule has 0 bridgehead atoms. The summed E-state index contributed by atoms with van der Waals surface area (Å²) in [6, 6.07) is 4.90. The number of aromatic amines is 1. The van der Waals surface area contributed by atoms with Gasteiger partial charge in [-0.05, 0) is 12.1 Å². The third kappa shape index (κ3) is 1.63. The van der Waals surface area contributed by atoms with Crippen LogP contribution in [0.15, 0.2) is 33.8 Å². The Balaban J connectivity index is 2.82. The number of aromatic nitrogens is 1. The van der Waals surface area contributed by atoms with Crippen molar-refractivity contribution < 1.29 is 17.2 Å². The summed E-state index contributed by atoms with van der Waals surface area (Å²) in [5, 5.41) is 0.253. The molecule has 1 aromatic heterocycles. The first-order valence-corrected chi connectivity index (χ1v) is 6.56. The lowest BCUT2D eigenvalue weighted by Gasteiger charge is -2.02. The van der Waals surface area contributed by atoms with Gasteiger partial charge in [0.05, 0.1) is 4.90 Å². The summed E-state index contributed by atoms with van der Waals surface area (Å²) >= 11 is 3.14. The smallest absolute Gasteiger partial charge is 0.341 e. The van der Waals surface area contributed by atoms with Gasteiger partial charge in [0.25, 0.3) is 0 Å². The molecule has 1 N–H and O–H groups in total. The molecule has 0 spiro atoms. The highest BCUT2D eigenvalue weighted by atomic mass is 79.9. The zero-order valence-electron chi connectivity index (χ0n) is 7.75. The Morgan fingerprint density at radius 1 is 1.31 bits per heavy atom. The fraction of sp³-hybridized carbons (Fsp3) is 0.111. The number of sulfone groups is 1. The lowest BCUT2D eigenvalue weighted by molar-refractivity contribution is 0.235. The zero-order chi connectivity index (χ0) is 11.9. The Morgan fingerprint density at radius 3 is 2.62 bits per heavy atom. The average molecular weight is 310 g/mol. The van der Waals surface area contributed by atoms with E-state index in [1.165, 1.54) is 0 Å². The third-order valence-electron chi connectivity index (χ3n) is 2.16.